The molecular weight excluding hydrogens is 249 g/mol. The Labute approximate surface area is 114 Å². The molecule has 3 heteroatoms. The first-order valence-electron chi connectivity index (χ1n) is 6.61. The SMILES string of the molecule is CC1(C)CCCN(c2ccc(CCl)cc2F)CC1. The zero-order chi connectivity index (χ0) is 13.2. The van der Waals surface area contributed by atoms with Gasteiger partial charge in [-0.05, 0) is 42.4 Å². The predicted octanol–water partition coefficient (Wildman–Crippen LogP) is 4.58. The number of nitrogens with zero attached hydrogens (tertiary/aromatic N) is 1. The number of benzene rings is 1. The Balaban J connectivity index is 2.16. The topological polar surface area (TPSA) is 3.24 Å². The quantitative estimate of drug-likeness (QED) is 0.711. The van der Waals surface area contributed by atoms with Gasteiger partial charge in [-0.15, -0.1) is 11.6 Å². The lowest BCUT2D eigenvalue weighted by Gasteiger charge is -2.25. The zero-order valence-corrected chi connectivity index (χ0v) is 11.9. The molecule has 0 atom stereocenters. The molecule has 0 unspecified atom stereocenters. The van der Waals surface area contributed by atoms with E-state index in [4.69, 9.17) is 11.6 Å². The molecule has 0 bridgehead atoms. The summed E-state index contributed by atoms with van der Waals surface area (Å²) in [6.07, 6.45) is 3.46. The van der Waals surface area contributed by atoms with Gasteiger partial charge < -0.3 is 4.90 Å². The summed E-state index contributed by atoms with van der Waals surface area (Å²) < 4.78 is 14.0. The van der Waals surface area contributed by atoms with Gasteiger partial charge in [0.05, 0.1) is 5.69 Å². The molecule has 100 valence electrons. The molecule has 0 aliphatic carbocycles. The smallest absolute Gasteiger partial charge is 0.146 e. The molecule has 1 heterocycles. The summed E-state index contributed by atoms with van der Waals surface area (Å²) in [5, 5.41) is 0. The zero-order valence-electron chi connectivity index (χ0n) is 11.2. The Kier molecular flexibility index (Phi) is 4.16. The van der Waals surface area contributed by atoms with Gasteiger partial charge in [-0.2, -0.15) is 0 Å². The van der Waals surface area contributed by atoms with Crippen molar-refractivity contribution < 1.29 is 4.39 Å². The Morgan fingerprint density at radius 3 is 2.72 bits per heavy atom. The molecule has 1 fully saturated rings. The minimum atomic E-state index is -0.146. The molecular formula is C15H21ClFN. The highest BCUT2D eigenvalue weighted by Crippen LogP contribution is 2.32. The van der Waals surface area contributed by atoms with Gasteiger partial charge in [0.15, 0.2) is 0 Å². The Bertz CT molecular complexity index is 417. The molecule has 1 aromatic rings. The molecule has 0 spiro atoms. The van der Waals surface area contributed by atoms with Crippen molar-refractivity contribution >= 4 is 17.3 Å². The van der Waals surface area contributed by atoms with E-state index in [-0.39, 0.29) is 5.82 Å². The second-order valence-electron chi connectivity index (χ2n) is 5.92. The van der Waals surface area contributed by atoms with Crippen molar-refractivity contribution in [2.24, 2.45) is 5.41 Å². The lowest BCUT2D eigenvalue weighted by molar-refractivity contribution is 0.325. The summed E-state index contributed by atoms with van der Waals surface area (Å²) in [4.78, 5) is 2.17. The van der Waals surface area contributed by atoms with Crippen molar-refractivity contribution in [1.82, 2.24) is 0 Å². The first-order chi connectivity index (χ1) is 8.52. The van der Waals surface area contributed by atoms with Crippen LogP contribution >= 0.6 is 11.6 Å². The van der Waals surface area contributed by atoms with Gasteiger partial charge in [-0.25, -0.2) is 4.39 Å². The van der Waals surface area contributed by atoms with Gasteiger partial charge in [0, 0.05) is 19.0 Å². The molecule has 0 amide bonds. The van der Waals surface area contributed by atoms with Crippen molar-refractivity contribution in [1.29, 1.82) is 0 Å². The highest BCUT2D eigenvalue weighted by atomic mass is 35.5. The largest absolute Gasteiger partial charge is 0.369 e. The summed E-state index contributed by atoms with van der Waals surface area (Å²) >= 11 is 5.72. The highest BCUT2D eigenvalue weighted by molar-refractivity contribution is 6.17. The molecule has 0 saturated carbocycles. The van der Waals surface area contributed by atoms with Crippen molar-refractivity contribution in [3.05, 3.63) is 29.6 Å². The van der Waals surface area contributed by atoms with Crippen LogP contribution < -0.4 is 4.90 Å². The van der Waals surface area contributed by atoms with Crippen LogP contribution in [-0.4, -0.2) is 13.1 Å². The Morgan fingerprint density at radius 2 is 2.06 bits per heavy atom. The minimum absolute atomic E-state index is 0.146. The third kappa shape index (κ3) is 3.17. The van der Waals surface area contributed by atoms with Crippen LogP contribution in [-0.2, 0) is 5.88 Å². The molecule has 1 aliphatic heterocycles. The standard InChI is InChI=1S/C15H21ClFN/c1-15(2)6-3-8-18(9-7-15)14-5-4-12(11-16)10-13(14)17/h4-5,10H,3,6-9,11H2,1-2H3. The third-order valence-corrected chi connectivity index (χ3v) is 4.16. The second kappa shape index (κ2) is 5.48. The molecule has 1 aliphatic rings. The van der Waals surface area contributed by atoms with E-state index < -0.39 is 0 Å². The van der Waals surface area contributed by atoms with Gasteiger partial charge in [0.2, 0.25) is 0 Å². The number of rotatable bonds is 2. The normalized spacial score (nSPS) is 19.7. The molecule has 2 rings (SSSR count). The Hall–Kier alpha value is -0.760. The molecule has 0 radical (unpaired) electrons. The third-order valence-electron chi connectivity index (χ3n) is 3.85. The molecule has 0 aromatic heterocycles. The maximum Gasteiger partial charge on any atom is 0.146 e. The van der Waals surface area contributed by atoms with Crippen LogP contribution in [0.2, 0.25) is 0 Å². The van der Waals surface area contributed by atoms with Crippen LogP contribution in [0, 0.1) is 11.2 Å². The van der Waals surface area contributed by atoms with E-state index in [9.17, 15) is 4.39 Å². The van der Waals surface area contributed by atoms with Crippen LogP contribution in [0.1, 0.15) is 38.7 Å². The number of halogens is 2. The van der Waals surface area contributed by atoms with Crippen LogP contribution in [0.3, 0.4) is 0 Å². The van der Waals surface area contributed by atoms with Crippen LogP contribution in [0.5, 0.6) is 0 Å². The van der Waals surface area contributed by atoms with Gasteiger partial charge in [0.25, 0.3) is 0 Å². The van der Waals surface area contributed by atoms with E-state index in [1.807, 2.05) is 12.1 Å². The fourth-order valence-electron chi connectivity index (χ4n) is 2.55. The fraction of sp³-hybridized carbons (Fsp3) is 0.600. The van der Waals surface area contributed by atoms with Crippen LogP contribution in [0.25, 0.3) is 0 Å². The average molecular weight is 270 g/mol. The van der Waals surface area contributed by atoms with Crippen molar-refractivity contribution in [3.63, 3.8) is 0 Å². The second-order valence-corrected chi connectivity index (χ2v) is 6.19. The van der Waals surface area contributed by atoms with Crippen LogP contribution in [0.15, 0.2) is 18.2 Å². The summed E-state index contributed by atoms with van der Waals surface area (Å²) in [6, 6.07) is 5.34. The average Bonchev–Trinajstić information content (AvgIpc) is 2.50. The summed E-state index contributed by atoms with van der Waals surface area (Å²) in [6.45, 7) is 6.47. The maximum atomic E-state index is 14.0. The molecule has 1 saturated heterocycles. The number of hydrogen-bond acceptors (Lipinski definition) is 1. The van der Waals surface area contributed by atoms with E-state index in [0.29, 0.717) is 11.3 Å². The van der Waals surface area contributed by atoms with Gasteiger partial charge in [0.1, 0.15) is 5.82 Å². The van der Waals surface area contributed by atoms with E-state index in [1.165, 1.54) is 6.42 Å². The fourth-order valence-corrected chi connectivity index (χ4v) is 2.72. The van der Waals surface area contributed by atoms with Gasteiger partial charge in [-0.3, -0.25) is 0 Å². The number of alkyl halides is 1. The first-order valence-corrected chi connectivity index (χ1v) is 7.15. The van der Waals surface area contributed by atoms with E-state index in [1.54, 1.807) is 6.07 Å². The Morgan fingerprint density at radius 1 is 1.28 bits per heavy atom. The summed E-state index contributed by atoms with van der Waals surface area (Å²) in [5.41, 5.74) is 1.94. The van der Waals surface area contributed by atoms with Crippen molar-refractivity contribution in [2.75, 3.05) is 18.0 Å². The summed E-state index contributed by atoms with van der Waals surface area (Å²) in [5.74, 6) is 0.220. The number of anilines is 1. The van der Waals surface area contributed by atoms with Crippen molar-refractivity contribution in [3.8, 4) is 0 Å². The van der Waals surface area contributed by atoms with Gasteiger partial charge in [-0.1, -0.05) is 19.9 Å². The highest BCUT2D eigenvalue weighted by Gasteiger charge is 2.24. The first kappa shape index (κ1) is 13.7. The molecule has 1 aromatic carbocycles. The van der Waals surface area contributed by atoms with E-state index >= 15 is 0 Å². The van der Waals surface area contributed by atoms with Crippen LogP contribution in [0.4, 0.5) is 10.1 Å². The minimum Gasteiger partial charge on any atom is -0.369 e. The number of hydrogen-bond donors (Lipinski definition) is 0. The van der Waals surface area contributed by atoms with Crippen molar-refractivity contribution in [2.45, 2.75) is 39.0 Å². The lowest BCUT2D eigenvalue weighted by atomic mass is 9.85. The predicted molar refractivity (Wildman–Crippen MR) is 75.8 cm³/mol. The van der Waals surface area contributed by atoms with Gasteiger partial charge >= 0.3 is 0 Å². The molecule has 18 heavy (non-hydrogen) atoms. The monoisotopic (exact) mass is 269 g/mol. The molecule has 1 nitrogen and oxygen atoms in total. The molecule has 0 N–H and O–H groups in total. The summed E-state index contributed by atoms with van der Waals surface area (Å²) in [7, 11) is 0. The van der Waals surface area contributed by atoms with E-state index in [0.717, 1.165) is 37.2 Å². The van der Waals surface area contributed by atoms with E-state index in [2.05, 4.69) is 18.7 Å². The maximum absolute atomic E-state index is 14.0. The lowest BCUT2D eigenvalue weighted by Crippen LogP contribution is -2.26.